The van der Waals surface area contributed by atoms with Gasteiger partial charge in [0.25, 0.3) is 0 Å². The molecule has 0 aromatic carbocycles. The van der Waals surface area contributed by atoms with Crippen molar-refractivity contribution in [3.8, 4) is 0 Å². The summed E-state index contributed by atoms with van der Waals surface area (Å²) in [7, 11) is -0.209. The summed E-state index contributed by atoms with van der Waals surface area (Å²) in [6, 6.07) is 0. The zero-order chi connectivity index (χ0) is 16.6. The van der Waals surface area contributed by atoms with Crippen LogP contribution in [0.3, 0.4) is 0 Å². The normalized spacial score (nSPS) is 15.4. The van der Waals surface area contributed by atoms with Crippen molar-refractivity contribution < 1.29 is 40.3 Å². The number of amides is 1. The molecule has 0 aliphatic heterocycles. The van der Waals surface area contributed by atoms with Crippen molar-refractivity contribution in [2.75, 3.05) is 24.3 Å². The molecule has 0 aliphatic rings. The predicted molar refractivity (Wildman–Crippen MR) is 77.2 cm³/mol. The van der Waals surface area contributed by atoms with Crippen molar-refractivity contribution in [2.45, 2.75) is 39.0 Å². The van der Waals surface area contributed by atoms with Crippen LogP contribution in [0.2, 0.25) is 0 Å². The number of ketones is 1. The van der Waals surface area contributed by atoms with E-state index in [9.17, 15) is 27.9 Å². The summed E-state index contributed by atoms with van der Waals surface area (Å²) in [5.41, 5.74) is 0. The second kappa shape index (κ2) is 11.1. The molecular formula is C13H23ClF3NO3S. The molecule has 0 heterocycles. The first-order chi connectivity index (χ1) is 9.57. The van der Waals surface area contributed by atoms with Gasteiger partial charge in [0.2, 0.25) is 0 Å². The topological polar surface area (TPSA) is 66.4 Å². The van der Waals surface area contributed by atoms with Crippen LogP contribution in [0, 0.1) is 5.92 Å². The highest BCUT2D eigenvalue weighted by Crippen LogP contribution is 2.14. The third-order valence-corrected chi connectivity index (χ3v) is 5.00. The summed E-state index contributed by atoms with van der Waals surface area (Å²) in [6.07, 6.45) is -2.57. The molecule has 2 N–H and O–H groups in total. The van der Waals surface area contributed by atoms with Crippen LogP contribution < -0.4 is 17.7 Å². The van der Waals surface area contributed by atoms with Gasteiger partial charge in [-0.3, -0.25) is 9.59 Å². The van der Waals surface area contributed by atoms with Gasteiger partial charge in [-0.05, 0) is 24.2 Å². The predicted octanol–water partition coefficient (Wildman–Crippen LogP) is -1.72. The van der Waals surface area contributed by atoms with Gasteiger partial charge in [0.15, 0.2) is 0 Å². The Labute approximate surface area is 138 Å². The summed E-state index contributed by atoms with van der Waals surface area (Å²) in [5.74, 6) is -0.857. The maximum atomic E-state index is 12.0. The van der Waals surface area contributed by atoms with Crippen LogP contribution in [0.25, 0.3) is 0 Å². The second-order valence-corrected chi connectivity index (χ2v) is 7.32. The number of carbonyl (C=O) groups excluding carboxylic acids is 2. The quantitative estimate of drug-likeness (QED) is 0.478. The van der Waals surface area contributed by atoms with Gasteiger partial charge in [0.05, 0.1) is 6.26 Å². The molecule has 0 bridgehead atoms. The average Bonchev–Trinajstić information content (AvgIpc) is 2.34. The molecule has 0 fully saturated rings. The Bertz CT molecular complexity index is 356. The van der Waals surface area contributed by atoms with Gasteiger partial charge in [-0.2, -0.15) is 13.2 Å². The lowest BCUT2D eigenvalue weighted by Crippen LogP contribution is -3.00. The van der Waals surface area contributed by atoms with E-state index in [1.165, 1.54) is 0 Å². The number of rotatable bonds is 9. The third-order valence-electron chi connectivity index (χ3n) is 3.12. The monoisotopic (exact) mass is 365 g/mol. The molecule has 22 heavy (non-hydrogen) atoms. The fraction of sp³-hybridized carbons (Fsp3) is 0.846. The molecule has 0 aliphatic carbocycles. The Morgan fingerprint density at radius 2 is 1.86 bits per heavy atom. The lowest BCUT2D eigenvalue weighted by atomic mass is 10.00. The fourth-order valence-corrected chi connectivity index (χ4v) is 3.45. The first-order valence-corrected chi connectivity index (χ1v) is 8.67. The van der Waals surface area contributed by atoms with E-state index < -0.39 is 24.7 Å². The van der Waals surface area contributed by atoms with E-state index in [0.717, 1.165) is 12.2 Å². The van der Waals surface area contributed by atoms with Crippen LogP contribution in [0.4, 0.5) is 13.2 Å². The van der Waals surface area contributed by atoms with Crippen molar-refractivity contribution in [1.29, 1.82) is 0 Å². The van der Waals surface area contributed by atoms with Gasteiger partial charge >= 0.3 is 12.1 Å². The van der Waals surface area contributed by atoms with Crippen LogP contribution in [-0.4, -0.2) is 53.4 Å². The maximum Gasteiger partial charge on any atom is 0.471 e. The van der Waals surface area contributed by atoms with E-state index in [-0.39, 0.29) is 35.0 Å². The lowest BCUT2D eigenvalue weighted by Gasteiger charge is -2.14. The van der Waals surface area contributed by atoms with Crippen molar-refractivity contribution in [1.82, 2.24) is 5.32 Å². The van der Waals surface area contributed by atoms with Crippen LogP contribution in [-0.2, 0) is 20.5 Å². The number of carbonyl (C=O) groups is 2. The number of alkyl halides is 3. The smallest absolute Gasteiger partial charge is 0.471 e. The lowest BCUT2D eigenvalue weighted by molar-refractivity contribution is -0.173. The molecule has 0 aromatic rings. The summed E-state index contributed by atoms with van der Waals surface area (Å²) < 4.78 is 35.9. The molecule has 2 unspecified atom stereocenters. The summed E-state index contributed by atoms with van der Waals surface area (Å²) >= 11 is 0. The van der Waals surface area contributed by atoms with Gasteiger partial charge < -0.3 is 22.8 Å². The molecule has 0 aromatic heterocycles. The van der Waals surface area contributed by atoms with Crippen molar-refractivity contribution >= 4 is 22.6 Å². The number of aliphatic hydroxyl groups excluding tert-OH is 1. The Hall–Kier alpha value is -0.470. The zero-order valence-electron chi connectivity index (χ0n) is 12.9. The molecule has 0 rings (SSSR count). The van der Waals surface area contributed by atoms with E-state index in [0.29, 0.717) is 12.2 Å². The van der Waals surface area contributed by atoms with Gasteiger partial charge in [-0.1, -0.05) is 6.92 Å². The number of aliphatic hydroxyl groups is 1. The molecule has 0 spiro atoms. The number of nitrogens with one attached hydrogen (secondary N) is 1. The maximum absolute atomic E-state index is 12.0. The Kier molecular flexibility index (Phi) is 12.0. The first-order valence-electron chi connectivity index (χ1n) is 6.70. The van der Waals surface area contributed by atoms with Crippen molar-refractivity contribution in [3.63, 3.8) is 0 Å². The highest BCUT2D eigenvalue weighted by Gasteiger charge is 2.38. The molecule has 3 atom stereocenters. The van der Waals surface area contributed by atoms with Gasteiger partial charge in [0.1, 0.15) is 23.4 Å². The first kappa shape index (κ1) is 23.8. The molecule has 4 nitrogen and oxygen atoms in total. The summed E-state index contributed by atoms with van der Waals surface area (Å²) in [6.45, 7) is 3.06. The molecule has 0 saturated heterocycles. The van der Waals surface area contributed by atoms with Crippen LogP contribution in [0.15, 0.2) is 0 Å². The molecule has 9 heteroatoms. The van der Waals surface area contributed by atoms with Crippen LogP contribution >= 0.6 is 0 Å². The number of Topliss-reactive ketones (excluding diaryl/α,β-unsaturated/α-hetero) is 1. The van der Waals surface area contributed by atoms with E-state index in [2.05, 4.69) is 0 Å². The number of hydrogen-bond donors (Lipinski definition) is 2. The highest BCUT2D eigenvalue weighted by molar-refractivity contribution is 7.96. The molecule has 0 saturated carbocycles. The molecule has 1 amide bonds. The summed E-state index contributed by atoms with van der Waals surface area (Å²) in [5, 5.41) is 11.3. The van der Waals surface area contributed by atoms with Crippen LogP contribution in [0.5, 0.6) is 0 Å². The van der Waals surface area contributed by atoms with E-state index in [4.69, 9.17) is 0 Å². The number of hydrogen-bond acceptors (Lipinski definition) is 3. The van der Waals surface area contributed by atoms with Crippen LogP contribution in [0.1, 0.15) is 26.7 Å². The van der Waals surface area contributed by atoms with Gasteiger partial charge in [-0.15, -0.1) is 0 Å². The SMILES string of the molecule is CC[C@@H](CC[S+](C)CC(O)CNC(=O)C(F)(F)F)C(C)=O.[Cl-]. The van der Waals surface area contributed by atoms with Crippen molar-refractivity contribution in [2.24, 2.45) is 5.92 Å². The minimum absolute atomic E-state index is 0. The van der Waals surface area contributed by atoms with E-state index in [1.54, 1.807) is 12.2 Å². The van der Waals surface area contributed by atoms with E-state index >= 15 is 0 Å². The van der Waals surface area contributed by atoms with Crippen molar-refractivity contribution in [3.05, 3.63) is 0 Å². The zero-order valence-corrected chi connectivity index (χ0v) is 14.4. The molecular weight excluding hydrogens is 343 g/mol. The molecule has 0 radical (unpaired) electrons. The summed E-state index contributed by atoms with van der Waals surface area (Å²) in [4.78, 5) is 21.9. The molecule has 132 valence electrons. The minimum Gasteiger partial charge on any atom is -1.00 e. The Balaban J connectivity index is 0. The van der Waals surface area contributed by atoms with Gasteiger partial charge in [-0.25, -0.2) is 0 Å². The van der Waals surface area contributed by atoms with Gasteiger partial charge in [0, 0.05) is 18.9 Å². The third kappa shape index (κ3) is 10.3. The minimum atomic E-state index is -4.93. The highest BCUT2D eigenvalue weighted by atomic mass is 35.5. The standard InChI is InChI=1S/C13H22F3NO3S.ClH/c1-4-10(9(2)18)5-6-21(3)8-11(19)7-17-12(20)13(14,15)16;/h10-11,19H,4-8H2,1-3H3;1H/t10-,11?,21?;/m0./s1. The Morgan fingerprint density at radius 3 is 2.27 bits per heavy atom. The Morgan fingerprint density at radius 1 is 1.32 bits per heavy atom. The second-order valence-electron chi connectivity index (χ2n) is 5.02. The largest absolute Gasteiger partial charge is 1.00 e. The fourth-order valence-electron chi connectivity index (χ4n) is 1.82. The van der Waals surface area contributed by atoms with E-state index in [1.807, 2.05) is 13.2 Å². The number of halogens is 4. The average molecular weight is 366 g/mol.